The maximum absolute atomic E-state index is 4.81. The highest BCUT2D eigenvalue weighted by molar-refractivity contribution is 5.88. The molecule has 0 aliphatic carbocycles. The van der Waals surface area contributed by atoms with E-state index in [0.717, 1.165) is 56.0 Å². The molecule has 0 unspecified atom stereocenters. The minimum atomic E-state index is 0.876. The van der Waals surface area contributed by atoms with Crippen LogP contribution in [0.15, 0.2) is 84.9 Å². The van der Waals surface area contributed by atoms with Gasteiger partial charge in [-0.15, -0.1) is 0 Å². The van der Waals surface area contributed by atoms with Crippen LogP contribution in [0, 0.1) is 0 Å². The van der Waals surface area contributed by atoms with E-state index in [4.69, 9.17) is 9.97 Å². The van der Waals surface area contributed by atoms with Crippen LogP contribution in [-0.4, -0.2) is 48.1 Å². The van der Waals surface area contributed by atoms with E-state index < -0.39 is 0 Å². The van der Waals surface area contributed by atoms with Gasteiger partial charge in [0.05, 0.1) is 22.1 Å². The molecule has 4 aromatic carbocycles. The van der Waals surface area contributed by atoms with Crippen LogP contribution in [0.2, 0.25) is 0 Å². The fourth-order valence-electron chi connectivity index (χ4n) is 4.49. The van der Waals surface area contributed by atoms with Crippen molar-refractivity contribution < 1.29 is 0 Å². The Morgan fingerprint density at radius 3 is 1.16 bits per heavy atom. The van der Waals surface area contributed by atoms with E-state index in [9.17, 15) is 0 Å². The lowest BCUT2D eigenvalue weighted by atomic mass is 10.0. The number of hydrogen-bond acceptors (Lipinski definition) is 4. The summed E-state index contributed by atoms with van der Waals surface area (Å²) in [6.07, 6.45) is 0. The molecule has 192 valence electrons. The molecule has 0 bridgehead atoms. The molecule has 6 rings (SSSR count). The van der Waals surface area contributed by atoms with E-state index in [2.05, 4.69) is 105 Å². The first-order valence-electron chi connectivity index (χ1n) is 13.0. The van der Waals surface area contributed by atoms with Crippen molar-refractivity contribution in [2.24, 2.45) is 0 Å². The average molecular weight is 503 g/mol. The second-order valence-corrected chi connectivity index (χ2v) is 9.52. The monoisotopic (exact) mass is 502 g/mol. The molecule has 0 radical (unpaired) electrons. The first-order valence-corrected chi connectivity index (χ1v) is 13.0. The number of nitrogens with zero attached hydrogens (tertiary/aromatic N) is 4. The van der Waals surface area contributed by atoms with E-state index in [0.29, 0.717) is 0 Å². The highest BCUT2D eigenvalue weighted by atomic mass is 15.1. The Labute approximate surface area is 224 Å². The highest BCUT2D eigenvalue weighted by Gasteiger charge is 2.10. The molecule has 2 N–H and O–H groups in total. The van der Waals surface area contributed by atoms with Crippen molar-refractivity contribution in [3.05, 3.63) is 84.9 Å². The quantitative estimate of drug-likeness (QED) is 0.255. The third-order valence-corrected chi connectivity index (χ3v) is 6.61. The van der Waals surface area contributed by atoms with Crippen molar-refractivity contribution in [3.8, 4) is 33.9 Å². The van der Waals surface area contributed by atoms with Crippen LogP contribution in [0.5, 0.6) is 0 Å². The lowest BCUT2D eigenvalue weighted by Gasteiger charge is -2.12. The topological polar surface area (TPSA) is 63.8 Å². The van der Waals surface area contributed by atoms with Crippen molar-refractivity contribution in [3.63, 3.8) is 0 Å². The number of fused-ring (bicyclic) bond motifs is 2. The molecular weight excluding hydrogens is 468 g/mol. The van der Waals surface area contributed by atoms with Crippen LogP contribution < -0.4 is 9.80 Å². The fourth-order valence-corrected chi connectivity index (χ4v) is 4.49. The Morgan fingerprint density at radius 1 is 0.474 bits per heavy atom. The normalized spacial score (nSPS) is 10.9. The van der Waals surface area contributed by atoms with E-state index in [1.165, 1.54) is 11.4 Å². The second kappa shape index (κ2) is 10.4. The molecule has 38 heavy (non-hydrogen) atoms. The van der Waals surface area contributed by atoms with Gasteiger partial charge in [0, 0.05) is 50.7 Å². The van der Waals surface area contributed by atoms with Crippen LogP contribution in [0.1, 0.15) is 13.8 Å². The van der Waals surface area contributed by atoms with Gasteiger partial charge in [0.2, 0.25) is 0 Å². The maximum atomic E-state index is 4.81. The van der Waals surface area contributed by atoms with Crippen molar-refractivity contribution in [2.75, 3.05) is 38.0 Å². The SMILES string of the molecule is CC.CN(C)c1ccc(-c2nc3ccc(-c4ccc5nc(-c6ccc(N(C)C)cc6)[nH]c5c4)cc3[nH]2)cc1. The van der Waals surface area contributed by atoms with Gasteiger partial charge < -0.3 is 19.8 Å². The lowest BCUT2D eigenvalue weighted by molar-refractivity contribution is 1.13. The predicted octanol–water partition coefficient (Wildman–Crippen LogP) is 7.60. The summed E-state index contributed by atoms with van der Waals surface area (Å²) in [5, 5.41) is 0. The largest absolute Gasteiger partial charge is 0.378 e. The van der Waals surface area contributed by atoms with Crippen LogP contribution in [0.4, 0.5) is 11.4 Å². The molecule has 2 aromatic heterocycles. The molecule has 0 aliphatic heterocycles. The van der Waals surface area contributed by atoms with Gasteiger partial charge in [-0.1, -0.05) is 26.0 Å². The van der Waals surface area contributed by atoms with Gasteiger partial charge in [0.1, 0.15) is 11.6 Å². The maximum Gasteiger partial charge on any atom is 0.138 e. The number of rotatable bonds is 5. The van der Waals surface area contributed by atoms with Gasteiger partial charge in [-0.05, 0) is 83.9 Å². The van der Waals surface area contributed by atoms with Gasteiger partial charge in [-0.3, -0.25) is 0 Å². The standard InChI is InChI=1S/C30H28N6.C2H6/c1-35(2)23-11-5-19(6-12-23)29-31-25-15-9-21(17-27(25)33-29)22-10-16-26-28(18-22)34-30(32-26)20-7-13-24(14-8-20)36(3)4;1-2/h5-18H,1-4H3,(H,31,33)(H,32,34);1-2H3. The number of nitrogens with one attached hydrogen (secondary N) is 2. The number of anilines is 2. The van der Waals surface area contributed by atoms with Gasteiger partial charge in [-0.2, -0.15) is 0 Å². The van der Waals surface area contributed by atoms with Crippen molar-refractivity contribution in [1.82, 2.24) is 19.9 Å². The van der Waals surface area contributed by atoms with Crippen molar-refractivity contribution >= 4 is 33.4 Å². The molecule has 0 atom stereocenters. The van der Waals surface area contributed by atoms with Crippen LogP contribution in [0.25, 0.3) is 56.0 Å². The van der Waals surface area contributed by atoms with Crippen LogP contribution in [0.3, 0.4) is 0 Å². The van der Waals surface area contributed by atoms with Gasteiger partial charge >= 0.3 is 0 Å². The predicted molar refractivity (Wildman–Crippen MR) is 162 cm³/mol. The zero-order valence-electron chi connectivity index (χ0n) is 22.9. The summed E-state index contributed by atoms with van der Waals surface area (Å²) in [5.74, 6) is 1.75. The average Bonchev–Trinajstić information content (AvgIpc) is 3.58. The summed E-state index contributed by atoms with van der Waals surface area (Å²) >= 11 is 0. The van der Waals surface area contributed by atoms with Gasteiger partial charge in [0.15, 0.2) is 0 Å². The minimum absolute atomic E-state index is 0.876. The summed E-state index contributed by atoms with van der Waals surface area (Å²) < 4.78 is 0. The Balaban J connectivity index is 0.00000144. The molecular formula is C32H34N6. The fraction of sp³-hybridized carbons (Fsp3) is 0.188. The van der Waals surface area contributed by atoms with Crippen LogP contribution in [-0.2, 0) is 0 Å². The zero-order chi connectivity index (χ0) is 26.8. The summed E-state index contributed by atoms with van der Waals surface area (Å²) in [7, 11) is 8.17. The lowest BCUT2D eigenvalue weighted by Crippen LogP contribution is -2.07. The number of hydrogen-bond donors (Lipinski definition) is 2. The summed E-state index contributed by atoms with van der Waals surface area (Å²) in [4.78, 5) is 20.8. The molecule has 0 fully saturated rings. The Morgan fingerprint density at radius 2 is 0.816 bits per heavy atom. The molecule has 0 aliphatic rings. The molecule has 6 nitrogen and oxygen atoms in total. The Bertz CT molecular complexity index is 1540. The summed E-state index contributed by atoms with van der Waals surface area (Å²) in [6, 6.07) is 29.6. The first kappa shape index (κ1) is 25.1. The number of aromatic amines is 2. The number of imidazole rings is 2. The van der Waals surface area contributed by atoms with Crippen LogP contribution >= 0.6 is 0 Å². The molecule has 6 aromatic rings. The van der Waals surface area contributed by atoms with E-state index in [-0.39, 0.29) is 0 Å². The molecule has 0 amide bonds. The van der Waals surface area contributed by atoms with E-state index in [1.54, 1.807) is 0 Å². The van der Waals surface area contributed by atoms with E-state index in [1.807, 2.05) is 42.0 Å². The van der Waals surface area contributed by atoms with Gasteiger partial charge in [0.25, 0.3) is 0 Å². The number of H-pyrrole nitrogens is 2. The molecule has 0 spiro atoms. The first-order chi connectivity index (χ1) is 18.4. The number of benzene rings is 4. The highest BCUT2D eigenvalue weighted by Crippen LogP contribution is 2.30. The molecule has 0 saturated carbocycles. The third-order valence-electron chi connectivity index (χ3n) is 6.61. The molecule has 2 heterocycles. The van der Waals surface area contributed by atoms with Crippen molar-refractivity contribution in [2.45, 2.75) is 13.8 Å². The van der Waals surface area contributed by atoms with E-state index >= 15 is 0 Å². The Kier molecular flexibility index (Phi) is 6.88. The Hall–Kier alpha value is -4.58. The number of aromatic nitrogens is 4. The summed E-state index contributed by atoms with van der Waals surface area (Å²) in [6.45, 7) is 4.00. The minimum Gasteiger partial charge on any atom is -0.378 e. The smallest absolute Gasteiger partial charge is 0.138 e. The van der Waals surface area contributed by atoms with Gasteiger partial charge in [-0.25, -0.2) is 9.97 Å². The molecule has 6 heteroatoms. The van der Waals surface area contributed by atoms with Crippen molar-refractivity contribution in [1.29, 1.82) is 0 Å². The summed E-state index contributed by atoms with van der Waals surface area (Å²) in [5.41, 5.74) is 10.7. The second-order valence-electron chi connectivity index (χ2n) is 9.52. The molecule has 0 saturated heterocycles. The zero-order valence-corrected chi connectivity index (χ0v) is 22.9. The third kappa shape index (κ3) is 4.85.